The molecule has 0 aliphatic carbocycles. The van der Waals surface area contributed by atoms with Gasteiger partial charge in [-0.25, -0.2) is 9.97 Å². The largest absolute Gasteiger partial charge is 0.383 e. The van der Waals surface area contributed by atoms with Crippen molar-refractivity contribution < 1.29 is 14.3 Å². The Labute approximate surface area is 174 Å². The smallest absolute Gasteiger partial charge is 0.278 e. The fourth-order valence-electron chi connectivity index (χ4n) is 2.78. The number of anilines is 2. The Bertz CT molecular complexity index is 1040. The van der Waals surface area contributed by atoms with E-state index in [0.717, 1.165) is 0 Å². The first-order valence-electron chi connectivity index (χ1n) is 9.33. The Kier molecular flexibility index (Phi) is 6.71. The fraction of sp³-hybridized carbons (Fsp3) is 0.182. The molecule has 2 aromatic carbocycles. The zero-order valence-corrected chi connectivity index (χ0v) is 16.8. The SMILES string of the molecule is COCCN(C)C(=O)c1cccc(-c2cnc(N)c(C(=O)Nc3ccccc3)n2)c1. The number of hydrogen-bond donors (Lipinski definition) is 2. The number of para-hydroxylation sites is 1. The molecule has 0 aliphatic rings. The summed E-state index contributed by atoms with van der Waals surface area (Å²) in [5.41, 5.74) is 8.12. The number of nitrogens with one attached hydrogen (secondary N) is 1. The molecule has 1 aromatic heterocycles. The van der Waals surface area contributed by atoms with Gasteiger partial charge in [-0.2, -0.15) is 0 Å². The first-order chi connectivity index (χ1) is 14.5. The Balaban J connectivity index is 1.85. The lowest BCUT2D eigenvalue weighted by Crippen LogP contribution is -2.29. The van der Waals surface area contributed by atoms with Gasteiger partial charge in [0.15, 0.2) is 11.5 Å². The van der Waals surface area contributed by atoms with Gasteiger partial charge in [0.1, 0.15) is 0 Å². The molecular weight excluding hydrogens is 382 g/mol. The minimum absolute atomic E-state index is 0.0188. The van der Waals surface area contributed by atoms with Crippen molar-refractivity contribution in [3.05, 3.63) is 72.1 Å². The van der Waals surface area contributed by atoms with Gasteiger partial charge < -0.3 is 20.7 Å². The molecule has 0 bridgehead atoms. The number of aromatic nitrogens is 2. The summed E-state index contributed by atoms with van der Waals surface area (Å²) in [6, 6.07) is 16.0. The summed E-state index contributed by atoms with van der Waals surface area (Å²) in [5.74, 6) is -0.572. The molecule has 0 spiro atoms. The molecule has 0 fully saturated rings. The summed E-state index contributed by atoms with van der Waals surface area (Å²) < 4.78 is 5.02. The highest BCUT2D eigenvalue weighted by Gasteiger charge is 2.17. The van der Waals surface area contributed by atoms with Crippen LogP contribution in [0.15, 0.2) is 60.8 Å². The topological polar surface area (TPSA) is 110 Å². The highest BCUT2D eigenvalue weighted by molar-refractivity contribution is 6.06. The number of hydrogen-bond acceptors (Lipinski definition) is 6. The second-order valence-electron chi connectivity index (χ2n) is 6.61. The summed E-state index contributed by atoms with van der Waals surface area (Å²) in [5, 5.41) is 2.75. The van der Waals surface area contributed by atoms with E-state index in [-0.39, 0.29) is 17.4 Å². The van der Waals surface area contributed by atoms with Crippen LogP contribution in [0, 0.1) is 0 Å². The number of nitrogens with zero attached hydrogens (tertiary/aromatic N) is 3. The molecule has 3 N–H and O–H groups in total. The van der Waals surface area contributed by atoms with Crippen molar-refractivity contribution >= 4 is 23.3 Å². The minimum Gasteiger partial charge on any atom is -0.383 e. The number of ether oxygens (including phenoxy) is 1. The van der Waals surface area contributed by atoms with E-state index in [1.165, 1.54) is 6.20 Å². The van der Waals surface area contributed by atoms with Gasteiger partial charge in [-0.1, -0.05) is 30.3 Å². The third-order valence-corrected chi connectivity index (χ3v) is 4.43. The van der Waals surface area contributed by atoms with Crippen molar-refractivity contribution in [2.24, 2.45) is 0 Å². The summed E-state index contributed by atoms with van der Waals surface area (Å²) in [7, 11) is 3.30. The van der Waals surface area contributed by atoms with Gasteiger partial charge in [-0.3, -0.25) is 9.59 Å². The highest BCUT2D eigenvalue weighted by atomic mass is 16.5. The van der Waals surface area contributed by atoms with Gasteiger partial charge in [0.25, 0.3) is 11.8 Å². The lowest BCUT2D eigenvalue weighted by molar-refractivity contribution is 0.0744. The number of nitrogens with two attached hydrogens (primary N) is 1. The van der Waals surface area contributed by atoms with Crippen LogP contribution in [0.5, 0.6) is 0 Å². The van der Waals surface area contributed by atoms with E-state index in [0.29, 0.717) is 35.7 Å². The normalized spacial score (nSPS) is 10.5. The second-order valence-corrected chi connectivity index (χ2v) is 6.61. The molecule has 154 valence electrons. The molecule has 0 saturated carbocycles. The minimum atomic E-state index is -0.459. The van der Waals surface area contributed by atoms with Crippen molar-refractivity contribution in [2.45, 2.75) is 0 Å². The Morgan fingerprint density at radius 1 is 1.13 bits per heavy atom. The molecule has 0 saturated heterocycles. The van der Waals surface area contributed by atoms with E-state index in [1.807, 2.05) is 18.2 Å². The zero-order valence-electron chi connectivity index (χ0n) is 16.8. The van der Waals surface area contributed by atoms with Crippen molar-refractivity contribution in [1.82, 2.24) is 14.9 Å². The molecule has 1 heterocycles. The number of likely N-dealkylation sites (N-methyl/N-ethyl adjacent to an activating group) is 1. The molecule has 0 aliphatic heterocycles. The van der Waals surface area contributed by atoms with E-state index in [4.69, 9.17) is 10.5 Å². The van der Waals surface area contributed by atoms with Crippen LogP contribution in [-0.2, 0) is 4.74 Å². The molecule has 2 amide bonds. The van der Waals surface area contributed by atoms with E-state index in [1.54, 1.807) is 55.5 Å². The molecule has 3 rings (SSSR count). The van der Waals surface area contributed by atoms with Gasteiger partial charge in [0.2, 0.25) is 0 Å². The highest BCUT2D eigenvalue weighted by Crippen LogP contribution is 2.21. The fourth-order valence-corrected chi connectivity index (χ4v) is 2.78. The van der Waals surface area contributed by atoms with Crippen molar-refractivity contribution in [3.8, 4) is 11.3 Å². The summed E-state index contributed by atoms with van der Waals surface area (Å²) in [6.45, 7) is 0.927. The van der Waals surface area contributed by atoms with Gasteiger partial charge in [-0.05, 0) is 24.3 Å². The Morgan fingerprint density at radius 3 is 2.63 bits per heavy atom. The Hall–Kier alpha value is -3.78. The van der Waals surface area contributed by atoms with Crippen LogP contribution >= 0.6 is 0 Å². The van der Waals surface area contributed by atoms with E-state index in [2.05, 4.69) is 15.3 Å². The molecular formula is C22H23N5O3. The monoisotopic (exact) mass is 405 g/mol. The molecule has 0 atom stereocenters. The van der Waals surface area contributed by atoms with Gasteiger partial charge >= 0.3 is 0 Å². The molecule has 0 radical (unpaired) electrons. The van der Waals surface area contributed by atoms with Crippen LogP contribution in [0.1, 0.15) is 20.8 Å². The van der Waals surface area contributed by atoms with Crippen LogP contribution in [0.25, 0.3) is 11.3 Å². The standard InChI is InChI=1S/C22H23N5O3/c1-27(11-12-30-2)22(29)16-8-6-7-15(13-16)18-14-24-20(23)19(26-18)21(28)25-17-9-4-3-5-10-17/h3-10,13-14H,11-12H2,1-2H3,(H2,23,24)(H,25,28). The number of methoxy groups -OCH3 is 1. The van der Waals surface area contributed by atoms with Crippen molar-refractivity contribution in [3.63, 3.8) is 0 Å². The molecule has 30 heavy (non-hydrogen) atoms. The molecule has 8 nitrogen and oxygen atoms in total. The average molecular weight is 405 g/mol. The van der Waals surface area contributed by atoms with Gasteiger partial charge in [-0.15, -0.1) is 0 Å². The third-order valence-electron chi connectivity index (χ3n) is 4.43. The predicted octanol–water partition coefficient (Wildman–Crippen LogP) is 2.70. The maximum atomic E-state index is 12.6. The Morgan fingerprint density at radius 2 is 1.90 bits per heavy atom. The van der Waals surface area contributed by atoms with Crippen molar-refractivity contribution in [1.29, 1.82) is 0 Å². The van der Waals surface area contributed by atoms with E-state index in [9.17, 15) is 9.59 Å². The van der Waals surface area contributed by atoms with E-state index >= 15 is 0 Å². The first kappa shape index (κ1) is 20.9. The summed E-state index contributed by atoms with van der Waals surface area (Å²) >= 11 is 0. The number of benzene rings is 2. The maximum absolute atomic E-state index is 12.6. The number of amides is 2. The predicted molar refractivity (Wildman–Crippen MR) is 115 cm³/mol. The second kappa shape index (κ2) is 9.62. The molecule has 8 heteroatoms. The number of nitrogen functional groups attached to an aromatic ring is 1. The summed E-state index contributed by atoms with van der Waals surface area (Å²) in [4.78, 5) is 35.3. The lowest BCUT2D eigenvalue weighted by Gasteiger charge is -2.17. The van der Waals surface area contributed by atoms with Gasteiger partial charge in [0, 0.05) is 37.5 Å². The maximum Gasteiger partial charge on any atom is 0.278 e. The zero-order chi connectivity index (χ0) is 21.5. The van der Waals surface area contributed by atoms with Crippen LogP contribution in [0.4, 0.5) is 11.5 Å². The number of rotatable bonds is 7. The quantitative estimate of drug-likeness (QED) is 0.625. The average Bonchev–Trinajstić information content (AvgIpc) is 2.78. The number of carbonyl (C=O) groups is 2. The molecule has 3 aromatic rings. The van der Waals surface area contributed by atoms with Crippen LogP contribution in [-0.4, -0.2) is 54.0 Å². The van der Waals surface area contributed by atoms with Crippen LogP contribution in [0.3, 0.4) is 0 Å². The molecule has 0 unspecified atom stereocenters. The number of carbonyl (C=O) groups excluding carboxylic acids is 2. The van der Waals surface area contributed by atoms with Gasteiger partial charge in [0.05, 0.1) is 18.5 Å². The van der Waals surface area contributed by atoms with Crippen molar-refractivity contribution in [2.75, 3.05) is 38.4 Å². The third kappa shape index (κ3) is 4.98. The lowest BCUT2D eigenvalue weighted by atomic mass is 10.1. The van der Waals surface area contributed by atoms with Crippen LogP contribution < -0.4 is 11.1 Å². The van der Waals surface area contributed by atoms with Crippen LogP contribution in [0.2, 0.25) is 0 Å². The summed E-state index contributed by atoms with van der Waals surface area (Å²) in [6.07, 6.45) is 1.48. The first-order valence-corrected chi connectivity index (χ1v) is 9.33. The van der Waals surface area contributed by atoms with E-state index < -0.39 is 5.91 Å².